The van der Waals surface area contributed by atoms with Crippen LogP contribution in [0.5, 0.6) is 0 Å². The SMILES string of the molecule is CC1CC1c1ccc(C(O)c2ccc(Cl)cc2F)o1. The summed E-state index contributed by atoms with van der Waals surface area (Å²) < 4.78 is 19.4. The van der Waals surface area contributed by atoms with Crippen molar-refractivity contribution in [2.75, 3.05) is 0 Å². The molecule has 0 amide bonds. The fourth-order valence-corrected chi connectivity index (χ4v) is 2.47. The fourth-order valence-electron chi connectivity index (χ4n) is 2.31. The molecule has 0 saturated heterocycles. The van der Waals surface area contributed by atoms with Crippen LogP contribution >= 0.6 is 11.6 Å². The number of benzene rings is 1. The molecule has 0 radical (unpaired) electrons. The maximum absolute atomic E-state index is 13.7. The molecular formula is C15H14ClFO2. The molecule has 4 heteroatoms. The smallest absolute Gasteiger partial charge is 0.139 e. The second-order valence-corrected chi connectivity index (χ2v) is 5.56. The van der Waals surface area contributed by atoms with Crippen LogP contribution in [0.2, 0.25) is 5.02 Å². The van der Waals surface area contributed by atoms with Crippen molar-refractivity contribution in [2.45, 2.75) is 25.4 Å². The molecule has 19 heavy (non-hydrogen) atoms. The van der Waals surface area contributed by atoms with Crippen LogP contribution in [0.1, 0.15) is 42.5 Å². The molecule has 0 aliphatic heterocycles. The Balaban J connectivity index is 1.86. The van der Waals surface area contributed by atoms with E-state index in [1.807, 2.05) is 6.07 Å². The first kappa shape index (κ1) is 12.7. The Hall–Kier alpha value is -1.32. The van der Waals surface area contributed by atoms with E-state index in [0.717, 1.165) is 12.2 Å². The standard InChI is InChI=1S/C15H14ClFO2/c1-8-6-11(8)13-4-5-14(19-13)15(18)10-3-2-9(16)7-12(10)17/h2-5,7-8,11,15,18H,6H2,1H3. The summed E-state index contributed by atoms with van der Waals surface area (Å²) in [7, 11) is 0. The highest BCUT2D eigenvalue weighted by Gasteiger charge is 2.37. The predicted molar refractivity (Wildman–Crippen MR) is 70.7 cm³/mol. The van der Waals surface area contributed by atoms with Gasteiger partial charge < -0.3 is 9.52 Å². The zero-order valence-electron chi connectivity index (χ0n) is 10.4. The topological polar surface area (TPSA) is 33.4 Å². The van der Waals surface area contributed by atoms with Gasteiger partial charge in [0.1, 0.15) is 23.4 Å². The highest BCUT2D eigenvalue weighted by molar-refractivity contribution is 6.30. The third-order valence-electron chi connectivity index (χ3n) is 3.65. The van der Waals surface area contributed by atoms with E-state index in [1.54, 1.807) is 12.1 Å². The molecular weight excluding hydrogens is 267 g/mol. The van der Waals surface area contributed by atoms with Crippen LogP contribution in [-0.4, -0.2) is 5.11 Å². The van der Waals surface area contributed by atoms with Gasteiger partial charge in [0, 0.05) is 16.5 Å². The van der Waals surface area contributed by atoms with E-state index in [9.17, 15) is 9.50 Å². The van der Waals surface area contributed by atoms with Crippen molar-refractivity contribution in [1.82, 2.24) is 0 Å². The molecule has 1 aromatic carbocycles. The molecule has 3 unspecified atom stereocenters. The number of hydrogen-bond acceptors (Lipinski definition) is 2. The minimum atomic E-state index is -1.10. The van der Waals surface area contributed by atoms with Crippen LogP contribution < -0.4 is 0 Å². The summed E-state index contributed by atoms with van der Waals surface area (Å²) in [6.45, 7) is 2.15. The van der Waals surface area contributed by atoms with E-state index >= 15 is 0 Å². The largest absolute Gasteiger partial charge is 0.463 e. The van der Waals surface area contributed by atoms with Gasteiger partial charge in [-0.25, -0.2) is 4.39 Å². The maximum Gasteiger partial charge on any atom is 0.139 e. The van der Waals surface area contributed by atoms with Crippen LogP contribution in [-0.2, 0) is 0 Å². The summed E-state index contributed by atoms with van der Waals surface area (Å²) in [6, 6.07) is 7.78. The molecule has 3 rings (SSSR count). The zero-order valence-corrected chi connectivity index (χ0v) is 11.2. The number of aliphatic hydroxyl groups excluding tert-OH is 1. The van der Waals surface area contributed by atoms with Gasteiger partial charge in [-0.15, -0.1) is 0 Å². The molecule has 1 aromatic heterocycles. The van der Waals surface area contributed by atoms with Crippen molar-refractivity contribution >= 4 is 11.6 Å². The number of hydrogen-bond donors (Lipinski definition) is 1. The van der Waals surface area contributed by atoms with Crippen molar-refractivity contribution in [3.05, 3.63) is 58.3 Å². The summed E-state index contributed by atoms with van der Waals surface area (Å²) in [5.41, 5.74) is 0.175. The molecule has 1 aliphatic carbocycles. The average Bonchev–Trinajstić information content (AvgIpc) is 2.91. The summed E-state index contributed by atoms with van der Waals surface area (Å²) in [6.07, 6.45) is 0.0123. The number of furan rings is 1. The van der Waals surface area contributed by atoms with E-state index in [1.165, 1.54) is 12.1 Å². The highest BCUT2D eigenvalue weighted by Crippen LogP contribution is 2.47. The van der Waals surface area contributed by atoms with Crippen molar-refractivity contribution in [2.24, 2.45) is 5.92 Å². The van der Waals surface area contributed by atoms with E-state index in [4.69, 9.17) is 16.0 Å². The first-order chi connectivity index (χ1) is 9.06. The number of aliphatic hydroxyl groups is 1. The van der Waals surface area contributed by atoms with Crippen LogP contribution in [0.3, 0.4) is 0 Å². The van der Waals surface area contributed by atoms with Gasteiger partial charge in [-0.3, -0.25) is 0 Å². The van der Waals surface area contributed by atoms with Gasteiger partial charge in [0.05, 0.1) is 0 Å². The molecule has 0 bridgehead atoms. The van der Waals surface area contributed by atoms with E-state index in [0.29, 0.717) is 22.6 Å². The molecule has 0 spiro atoms. The average molecular weight is 281 g/mol. The van der Waals surface area contributed by atoms with Crippen molar-refractivity contribution in [3.63, 3.8) is 0 Å². The van der Waals surface area contributed by atoms with Crippen LogP contribution in [0.25, 0.3) is 0 Å². The second-order valence-electron chi connectivity index (χ2n) is 5.13. The molecule has 1 heterocycles. The van der Waals surface area contributed by atoms with Crippen LogP contribution in [0, 0.1) is 11.7 Å². The number of rotatable bonds is 3. The first-order valence-corrected chi connectivity index (χ1v) is 6.66. The second kappa shape index (κ2) is 4.66. The van der Waals surface area contributed by atoms with Crippen molar-refractivity contribution in [1.29, 1.82) is 0 Å². The zero-order chi connectivity index (χ0) is 13.6. The molecule has 1 saturated carbocycles. The minimum Gasteiger partial charge on any atom is -0.463 e. The van der Waals surface area contributed by atoms with Gasteiger partial charge in [0.15, 0.2) is 0 Å². The predicted octanol–water partition coefficient (Wildman–Crippen LogP) is 4.28. The normalized spacial score (nSPS) is 23.4. The van der Waals surface area contributed by atoms with E-state index in [-0.39, 0.29) is 5.56 Å². The lowest BCUT2D eigenvalue weighted by Crippen LogP contribution is -2.01. The van der Waals surface area contributed by atoms with Gasteiger partial charge in [-0.1, -0.05) is 24.6 Å². The van der Waals surface area contributed by atoms with Gasteiger partial charge in [-0.2, -0.15) is 0 Å². The fraction of sp³-hybridized carbons (Fsp3) is 0.333. The Morgan fingerprint density at radius 3 is 2.74 bits per heavy atom. The van der Waals surface area contributed by atoms with Gasteiger partial charge >= 0.3 is 0 Å². The Labute approximate surface area is 115 Å². The monoisotopic (exact) mass is 280 g/mol. The maximum atomic E-state index is 13.7. The Morgan fingerprint density at radius 2 is 2.11 bits per heavy atom. The molecule has 1 aliphatic rings. The Kier molecular flexibility index (Phi) is 3.11. The van der Waals surface area contributed by atoms with Gasteiger partial charge in [-0.05, 0) is 36.6 Å². The summed E-state index contributed by atoms with van der Waals surface area (Å²) in [5, 5.41) is 10.5. The molecule has 2 nitrogen and oxygen atoms in total. The third kappa shape index (κ3) is 2.40. The summed E-state index contributed by atoms with van der Waals surface area (Å²) in [4.78, 5) is 0. The summed E-state index contributed by atoms with van der Waals surface area (Å²) >= 11 is 5.69. The quantitative estimate of drug-likeness (QED) is 0.910. The lowest BCUT2D eigenvalue weighted by atomic mass is 10.1. The van der Waals surface area contributed by atoms with Crippen LogP contribution in [0.15, 0.2) is 34.7 Å². The molecule has 100 valence electrons. The first-order valence-electron chi connectivity index (χ1n) is 6.29. The third-order valence-corrected chi connectivity index (χ3v) is 3.88. The molecule has 3 atom stereocenters. The minimum absolute atomic E-state index is 0.175. The molecule has 1 N–H and O–H groups in total. The Morgan fingerprint density at radius 1 is 1.37 bits per heavy atom. The molecule has 1 fully saturated rings. The lowest BCUT2D eigenvalue weighted by Gasteiger charge is -2.09. The van der Waals surface area contributed by atoms with E-state index in [2.05, 4.69) is 6.92 Å². The molecule has 2 aromatic rings. The highest BCUT2D eigenvalue weighted by atomic mass is 35.5. The van der Waals surface area contributed by atoms with Gasteiger partial charge in [0.2, 0.25) is 0 Å². The number of halogens is 2. The lowest BCUT2D eigenvalue weighted by molar-refractivity contribution is 0.182. The van der Waals surface area contributed by atoms with Gasteiger partial charge in [0.25, 0.3) is 0 Å². The Bertz CT molecular complexity index is 608. The van der Waals surface area contributed by atoms with E-state index < -0.39 is 11.9 Å². The summed E-state index contributed by atoms with van der Waals surface area (Å²) in [5.74, 6) is 1.78. The van der Waals surface area contributed by atoms with Crippen LogP contribution in [0.4, 0.5) is 4.39 Å². The van der Waals surface area contributed by atoms with Crippen molar-refractivity contribution < 1.29 is 13.9 Å². The van der Waals surface area contributed by atoms with Crippen molar-refractivity contribution in [3.8, 4) is 0 Å².